The number of nitrogens with zero attached hydrogens (tertiary/aromatic N) is 3. The maximum atomic E-state index is 12.0. The summed E-state index contributed by atoms with van der Waals surface area (Å²) in [7, 11) is 0. The summed E-state index contributed by atoms with van der Waals surface area (Å²) in [4.78, 5) is 21.3. The normalized spacial score (nSPS) is 11.0. The molecule has 0 aliphatic rings. The Bertz CT molecular complexity index is 996. The van der Waals surface area contributed by atoms with E-state index in [-0.39, 0.29) is 6.03 Å². The highest BCUT2D eigenvalue weighted by Gasteiger charge is 2.17. The number of carbonyl (C=O) groups excluding carboxylic acids is 1. The molecule has 0 unspecified atom stereocenters. The number of rotatable bonds is 9. The number of amides is 2. The minimum atomic E-state index is -0.178. The molecular formula is C23H32N6O. The first-order chi connectivity index (χ1) is 14.5. The monoisotopic (exact) mass is 408 g/mol. The van der Waals surface area contributed by atoms with Gasteiger partial charge in [-0.2, -0.15) is 0 Å². The van der Waals surface area contributed by atoms with Crippen LogP contribution in [0.3, 0.4) is 0 Å². The Hall–Kier alpha value is -3.09. The molecule has 0 saturated carbocycles. The summed E-state index contributed by atoms with van der Waals surface area (Å²) in [6.07, 6.45) is 4.97. The molecule has 0 aliphatic carbocycles. The smallest absolute Gasteiger partial charge is 0.319 e. The fourth-order valence-electron chi connectivity index (χ4n) is 3.61. The van der Waals surface area contributed by atoms with Crippen molar-refractivity contribution in [1.29, 1.82) is 0 Å². The van der Waals surface area contributed by atoms with Crippen LogP contribution in [0.15, 0.2) is 30.3 Å². The number of aromatic nitrogens is 3. The van der Waals surface area contributed by atoms with Crippen LogP contribution in [0.25, 0.3) is 11.0 Å². The van der Waals surface area contributed by atoms with Gasteiger partial charge in [-0.05, 0) is 50.8 Å². The van der Waals surface area contributed by atoms with E-state index in [1.165, 1.54) is 0 Å². The molecule has 0 saturated heterocycles. The number of nitrogens with two attached hydrogens (primary N) is 1. The van der Waals surface area contributed by atoms with Crippen molar-refractivity contribution in [3.8, 4) is 0 Å². The standard InChI is InChI=1S/C23H32N6O/c1-4-5-13-19-28-20-21(16(2)17(3)26-22(20)24)29(19)15-10-9-14-25-23(30)27-18-11-7-6-8-12-18/h6-8,11-12H,4-5,9-10,13-15H2,1-3H3,(H2,24,26)(H2,25,27,30). The Labute approximate surface area is 178 Å². The van der Waals surface area contributed by atoms with Gasteiger partial charge in [-0.15, -0.1) is 0 Å². The van der Waals surface area contributed by atoms with Crippen molar-refractivity contribution in [2.75, 3.05) is 17.6 Å². The number of fused-ring (bicyclic) bond motifs is 1. The molecule has 1 aromatic carbocycles. The van der Waals surface area contributed by atoms with E-state index in [1.54, 1.807) is 0 Å². The summed E-state index contributed by atoms with van der Waals surface area (Å²) >= 11 is 0. The molecule has 3 rings (SSSR count). The molecule has 3 aromatic rings. The number of imidazole rings is 1. The number of aryl methyl sites for hydroxylation is 4. The van der Waals surface area contributed by atoms with E-state index in [0.29, 0.717) is 12.4 Å². The largest absolute Gasteiger partial charge is 0.382 e. The quantitative estimate of drug-likeness (QED) is 0.452. The molecule has 0 aliphatic heterocycles. The zero-order valence-electron chi connectivity index (χ0n) is 18.2. The van der Waals surface area contributed by atoms with Crippen LogP contribution in [-0.4, -0.2) is 27.1 Å². The first-order valence-electron chi connectivity index (χ1n) is 10.7. The summed E-state index contributed by atoms with van der Waals surface area (Å²) in [5, 5.41) is 5.76. The third-order valence-corrected chi connectivity index (χ3v) is 5.35. The summed E-state index contributed by atoms with van der Waals surface area (Å²) in [6.45, 7) is 7.73. The molecule has 2 aromatic heterocycles. The van der Waals surface area contributed by atoms with E-state index < -0.39 is 0 Å². The predicted molar refractivity (Wildman–Crippen MR) is 123 cm³/mol. The van der Waals surface area contributed by atoms with Crippen molar-refractivity contribution in [2.24, 2.45) is 0 Å². The highest BCUT2D eigenvalue weighted by atomic mass is 16.2. The van der Waals surface area contributed by atoms with Gasteiger partial charge in [0.25, 0.3) is 0 Å². The third-order valence-electron chi connectivity index (χ3n) is 5.35. The second-order valence-corrected chi connectivity index (χ2v) is 7.64. The molecule has 4 N–H and O–H groups in total. The first kappa shape index (κ1) is 21.6. The summed E-state index contributed by atoms with van der Waals surface area (Å²) < 4.78 is 2.30. The Kier molecular flexibility index (Phi) is 7.27. The molecule has 2 amide bonds. The van der Waals surface area contributed by atoms with Crippen molar-refractivity contribution in [3.05, 3.63) is 47.4 Å². The Morgan fingerprint density at radius 1 is 1.10 bits per heavy atom. The maximum Gasteiger partial charge on any atom is 0.319 e. The molecular weight excluding hydrogens is 376 g/mol. The number of carbonyl (C=O) groups is 1. The third kappa shape index (κ3) is 5.09. The van der Waals surface area contributed by atoms with Gasteiger partial charge in [-0.25, -0.2) is 14.8 Å². The lowest BCUT2D eigenvalue weighted by Crippen LogP contribution is -2.29. The van der Waals surface area contributed by atoms with Crippen molar-refractivity contribution < 1.29 is 4.79 Å². The Balaban J connectivity index is 1.61. The van der Waals surface area contributed by atoms with Crippen molar-refractivity contribution >= 4 is 28.6 Å². The summed E-state index contributed by atoms with van der Waals surface area (Å²) in [6, 6.07) is 9.27. The molecule has 7 heteroatoms. The van der Waals surface area contributed by atoms with Gasteiger partial charge in [0.15, 0.2) is 5.82 Å². The van der Waals surface area contributed by atoms with Crippen LogP contribution in [-0.2, 0) is 13.0 Å². The second-order valence-electron chi connectivity index (χ2n) is 7.64. The lowest BCUT2D eigenvalue weighted by atomic mass is 10.2. The number of benzene rings is 1. The average Bonchev–Trinajstić information content (AvgIpc) is 3.10. The second kappa shape index (κ2) is 10.1. The minimum absolute atomic E-state index is 0.178. The van der Waals surface area contributed by atoms with Gasteiger partial charge in [-0.1, -0.05) is 31.5 Å². The highest BCUT2D eigenvalue weighted by molar-refractivity contribution is 5.89. The van der Waals surface area contributed by atoms with Gasteiger partial charge in [0, 0.05) is 30.9 Å². The molecule has 7 nitrogen and oxygen atoms in total. The van der Waals surface area contributed by atoms with E-state index in [2.05, 4.69) is 34.0 Å². The molecule has 0 spiro atoms. The first-order valence-corrected chi connectivity index (χ1v) is 10.7. The van der Waals surface area contributed by atoms with Crippen LogP contribution in [0, 0.1) is 13.8 Å². The van der Waals surface area contributed by atoms with E-state index in [0.717, 1.165) is 72.5 Å². The van der Waals surface area contributed by atoms with Gasteiger partial charge >= 0.3 is 6.03 Å². The molecule has 0 atom stereocenters. The summed E-state index contributed by atoms with van der Waals surface area (Å²) in [5.74, 6) is 1.58. The number of unbranched alkanes of at least 4 members (excludes halogenated alkanes) is 2. The molecule has 30 heavy (non-hydrogen) atoms. The molecule has 2 heterocycles. The molecule has 0 bridgehead atoms. The number of urea groups is 1. The number of nitrogen functional groups attached to an aromatic ring is 1. The van der Waals surface area contributed by atoms with E-state index in [1.807, 2.05) is 37.3 Å². The van der Waals surface area contributed by atoms with E-state index in [9.17, 15) is 4.79 Å². The fourth-order valence-corrected chi connectivity index (χ4v) is 3.61. The number of para-hydroxylation sites is 1. The number of hydrogen-bond donors (Lipinski definition) is 3. The molecule has 160 valence electrons. The maximum absolute atomic E-state index is 12.0. The van der Waals surface area contributed by atoms with Crippen molar-refractivity contribution in [3.63, 3.8) is 0 Å². The van der Waals surface area contributed by atoms with E-state index in [4.69, 9.17) is 10.7 Å². The fraction of sp³-hybridized carbons (Fsp3) is 0.435. The van der Waals surface area contributed by atoms with Crippen LogP contribution < -0.4 is 16.4 Å². The van der Waals surface area contributed by atoms with Crippen LogP contribution in [0.5, 0.6) is 0 Å². The zero-order valence-corrected chi connectivity index (χ0v) is 18.2. The number of nitrogens with one attached hydrogen (secondary N) is 2. The zero-order chi connectivity index (χ0) is 21.5. The molecule has 0 fully saturated rings. The van der Waals surface area contributed by atoms with Crippen molar-refractivity contribution in [2.45, 2.75) is 59.4 Å². The lowest BCUT2D eigenvalue weighted by Gasteiger charge is -2.12. The van der Waals surface area contributed by atoms with E-state index >= 15 is 0 Å². The SMILES string of the molecule is CCCCc1nc2c(N)nc(C)c(C)c2n1CCCCNC(=O)Nc1ccccc1. The lowest BCUT2D eigenvalue weighted by molar-refractivity contribution is 0.252. The average molecular weight is 409 g/mol. The summed E-state index contributed by atoms with van der Waals surface area (Å²) in [5.41, 5.74) is 10.9. The molecule has 0 radical (unpaired) electrons. The van der Waals surface area contributed by atoms with Crippen molar-refractivity contribution in [1.82, 2.24) is 19.9 Å². The highest BCUT2D eigenvalue weighted by Crippen LogP contribution is 2.27. The number of anilines is 2. The van der Waals surface area contributed by atoms with Crippen LogP contribution in [0.4, 0.5) is 16.3 Å². The Morgan fingerprint density at radius 3 is 2.60 bits per heavy atom. The topological polar surface area (TPSA) is 97.9 Å². The van der Waals surface area contributed by atoms with Crippen LogP contribution in [0.1, 0.15) is 49.7 Å². The van der Waals surface area contributed by atoms with Gasteiger partial charge in [0.1, 0.15) is 11.3 Å². The number of hydrogen-bond acceptors (Lipinski definition) is 4. The minimum Gasteiger partial charge on any atom is -0.382 e. The van der Waals surface area contributed by atoms with Gasteiger partial charge in [0.2, 0.25) is 0 Å². The predicted octanol–water partition coefficient (Wildman–Crippen LogP) is 4.57. The van der Waals surface area contributed by atoms with Crippen LogP contribution in [0.2, 0.25) is 0 Å². The number of pyridine rings is 1. The van der Waals surface area contributed by atoms with Gasteiger partial charge in [0.05, 0.1) is 5.52 Å². The Morgan fingerprint density at radius 2 is 1.87 bits per heavy atom. The van der Waals surface area contributed by atoms with Gasteiger partial charge < -0.3 is 20.9 Å². The van der Waals surface area contributed by atoms with Crippen LogP contribution >= 0.6 is 0 Å². The van der Waals surface area contributed by atoms with Gasteiger partial charge in [-0.3, -0.25) is 0 Å².